The molecule has 1 aromatic carbocycles. The lowest BCUT2D eigenvalue weighted by atomic mass is 10.1. The Morgan fingerprint density at radius 2 is 2.00 bits per heavy atom. The molecule has 1 heterocycles. The van der Waals surface area contributed by atoms with Crippen molar-refractivity contribution in [1.82, 2.24) is 9.88 Å². The summed E-state index contributed by atoms with van der Waals surface area (Å²) in [7, 11) is 1.52. The quantitative estimate of drug-likeness (QED) is 0.866. The summed E-state index contributed by atoms with van der Waals surface area (Å²) in [6, 6.07) is 5.63. The molecule has 0 saturated carbocycles. The first-order chi connectivity index (χ1) is 9.93. The molecule has 2 rings (SSSR count). The van der Waals surface area contributed by atoms with Gasteiger partial charge in [-0.3, -0.25) is 9.78 Å². The first-order valence-electron chi connectivity index (χ1n) is 6.55. The Morgan fingerprint density at radius 3 is 2.62 bits per heavy atom. The molecule has 0 bridgehead atoms. The minimum absolute atomic E-state index is 0.238. The van der Waals surface area contributed by atoms with Crippen molar-refractivity contribution in [2.24, 2.45) is 0 Å². The van der Waals surface area contributed by atoms with E-state index in [0.717, 1.165) is 11.6 Å². The van der Waals surface area contributed by atoms with Crippen molar-refractivity contribution >= 4 is 5.91 Å². The summed E-state index contributed by atoms with van der Waals surface area (Å²) in [5.74, 6) is -2.36. The van der Waals surface area contributed by atoms with Gasteiger partial charge in [0.05, 0.1) is 6.04 Å². The minimum atomic E-state index is -0.853. The van der Waals surface area contributed by atoms with Gasteiger partial charge in [-0.05, 0) is 37.1 Å². The molecule has 0 radical (unpaired) electrons. The van der Waals surface area contributed by atoms with Crippen molar-refractivity contribution in [3.63, 3.8) is 0 Å². The number of benzene rings is 1. The van der Waals surface area contributed by atoms with Crippen LogP contribution in [0.2, 0.25) is 0 Å². The monoisotopic (exact) mass is 290 g/mol. The van der Waals surface area contributed by atoms with E-state index in [2.05, 4.69) is 4.98 Å². The molecule has 0 fully saturated rings. The smallest absolute Gasteiger partial charge is 0.260 e. The summed E-state index contributed by atoms with van der Waals surface area (Å²) in [6.45, 7) is 3.27. The molecule has 0 spiro atoms. The zero-order chi connectivity index (χ0) is 15.6. The van der Waals surface area contributed by atoms with Crippen LogP contribution in [0.4, 0.5) is 8.78 Å². The van der Waals surface area contributed by atoms with Gasteiger partial charge in [-0.15, -0.1) is 0 Å². The van der Waals surface area contributed by atoms with Gasteiger partial charge in [-0.1, -0.05) is 12.1 Å². The maximum atomic E-state index is 14.0. The van der Waals surface area contributed by atoms with Gasteiger partial charge in [-0.2, -0.15) is 0 Å². The molecule has 0 N–H and O–H groups in total. The molecule has 5 heteroatoms. The molecule has 3 nitrogen and oxygen atoms in total. The Bertz CT molecular complexity index is 659. The molecule has 0 saturated heterocycles. The molecular formula is C16H16F2N2O. The second kappa shape index (κ2) is 5.99. The van der Waals surface area contributed by atoms with E-state index in [9.17, 15) is 13.6 Å². The number of hydrogen-bond donors (Lipinski definition) is 0. The zero-order valence-corrected chi connectivity index (χ0v) is 12.1. The predicted molar refractivity (Wildman–Crippen MR) is 75.8 cm³/mol. The highest BCUT2D eigenvalue weighted by Crippen LogP contribution is 2.23. The number of pyridine rings is 1. The predicted octanol–water partition coefficient (Wildman–Crippen LogP) is 3.50. The number of halogens is 2. The molecule has 21 heavy (non-hydrogen) atoms. The zero-order valence-electron chi connectivity index (χ0n) is 12.1. The van der Waals surface area contributed by atoms with Crippen LogP contribution < -0.4 is 0 Å². The number of amides is 1. The Labute approximate surface area is 122 Å². The van der Waals surface area contributed by atoms with Crippen molar-refractivity contribution in [3.8, 4) is 0 Å². The molecular weight excluding hydrogens is 274 g/mol. The van der Waals surface area contributed by atoms with Crippen molar-refractivity contribution in [1.29, 1.82) is 0 Å². The van der Waals surface area contributed by atoms with Crippen LogP contribution in [-0.4, -0.2) is 22.8 Å². The lowest BCUT2D eigenvalue weighted by Gasteiger charge is -2.25. The SMILES string of the molecule is Cc1ccc(F)c(C(=O)N(C)C(C)c2cccnc2)c1F. The number of aryl methyl sites for hydroxylation is 1. The average Bonchev–Trinajstić information content (AvgIpc) is 2.50. The van der Waals surface area contributed by atoms with E-state index in [1.54, 1.807) is 25.4 Å². The van der Waals surface area contributed by atoms with E-state index in [4.69, 9.17) is 0 Å². The lowest BCUT2D eigenvalue weighted by Crippen LogP contribution is -2.31. The number of hydrogen-bond acceptors (Lipinski definition) is 2. The van der Waals surface area contributed by atoms with Gasteiger partial charge in [-0.25, -0.2) is 8.78 Å². The summed E-state index contributed by atoms with van der Waals surface area (Å²) < 4.78 is 27.8. The van der Waals surface area contributed by atoms with Crippen molar-refractivity contribution in [3.05, 3.63) is 65.0 Å². The molecule has 1 amide bonds. The van der Waals surface area contributed by atoms with Gasteiger partial charge < -0.3 is 4.90 Å². The van der Waals surface area contributed by atoms with E-state index in [0.29, 0.717) is 0 Å². The maximum absolute atomic E-state index is 14.0. The highest BCUT2D eigenvalue weighted by Gasteiger charge is 2.25. The van der Waals surface area contributed by atoms with Gasteiger partial charge in [0.1, 0.15) is 17.2 Å². The van der Waals surface area contributed by atoms with Crippen LogP contribution in [0.25, 0.3) is 0 Å². The number of aromatic nitrogens is 1. The van der Waals surface area contributed by atoms with Crippen molar-refractivity contribution in [2.75, 3.05) is 7.05 Å². The second-order valence-electron chi connectivity index (χ2n) is 4.93. The van der Waals surface area contributed by atoms with Crippen LogP contribution in [-0.2, 0) is 0 Å². The molecule has 110 valence electrons. The topological polar surface area (TPSA) is 33.2 Å². The summed E-state index contributed by atoms with van der Waals surface area (Å²) in [5, 5.41) is 0. The third kappa shape index (κ3) is 2.91. The summed E-state index contributed by atoms with van der Waals surface area (Å²) in [6.07, 6.45) is 3.25. The highest BCUT2D eigenvalue weighted by molar-refractivity contribution is 5.95. The van der Waals surface area contributed by atoms with E-state index in [-0.39, 0.29) is 11.6 Å². The summed E-state index contributed by atoms with van der Waals surface area (Å²) in [5.41, 5.74) is 0.511. The Hall–Kier alpha value is -2.30. The molecule has 1 unspecified atom stereocenters. The standard InChI is InChI=1S/C16H16F2N2O/c1-10-6-7-13(17)14(15(10)18)16(21)20(3)11(2)12-5-4-8-19-9-12/h4-9,11H,1-3H3. The number of carbonyl (C=O) groups is 1. The third-order valence-corrected chi connectivity index (χ3v) is 3.57. The number of nitrogens with zero attached hydrogens (tertiary/aromatic N) is 2. The Balaban J connectivity index is 2.34. The fraction of sp³-hybridized carbons (Fsp3) is 0.250. The molecule has 1 aromatic heterocycles. The van der Waals surface area contributed by atoms with Gasteiger partial charge >= 0.3 is 0 Å². The molecule has 0 aliphatic heterocycles. The van der Waals surface area contributed by atoms with E-state index in [1.165, 1.54) is 24.9 Å². The van der Waals surface area contributed by atoms with Gasteiger partial charge in [0.15, 0.2) is 0 Å². The third-order valence-electron chi connectivity index (χ3n) is 3.57. The Kier molecular flexibility index (Phi) is 4.31. The summed E-state index contributed by atoms with van der Waals surface area (Å²) >= 11 is 0. The minimum Gasteiger partial charge on any atom is -0.335 e. The second-order valence-corrected chi connectivity index (χ2v) is 4.93. The van der Waals surface area contributed by atoms with Crippen LogP contribution in [0.3, 0.4) is 0 Å². The fourth-order valence-corrected chi connectivity index (χ4v) is 2.05. The highest BCUT2D eigenvalue weighted by atomic mass is 19.1. The molecule has 1 atom stereocenters. The lowest BCUT2D eigenvalue weighted by molar-refractivity contribution is 0.0732. The van der Waals surface area contributed by atoms with Crippen molar-refractivity contribution < 1.29 is 13.6 Å². The van der Waals surface area contributed by atoms with Gasteiger partial charge in [0, 0.05) is 19.4 Å². The number of carbonyl (C=O) groups excluding carboxylic acids is 1. The normalized spacial score (nSPS) is 12.0. The fourth-order valence-electron chi connectivity index (χ4n) is 2.05. The van der Waals surface area contributed by atoms with Crippen LogP contribution in [0.15, 0.2) is 36.7 Å². The van der Waals surface area contributed by atoms with Crippen LogP contribution in [0.5, 0.6) is 0 Å². The molecule has 0 aliphatic rings. The van der Waals surface area contributed by atoms with Gasteiger partial charge in [0.25, 0.3) is 5.91 Å². The number of rotatable bonds is 3. The summed E-state index contributed by atoms with van der Waals surface area (Å²) in [4.78, 5) is 17.7. The van der Waals surface area contributed by atoms with Crippen LogP contribution >= 0.6 is 0 Å². The van der Waals surface area contributed by atoms with E-state index >= 15 is 0 Å². The van der Waals surface area contributed by atoms with Crippen LogP contribution in [0.1, 0.15) is 34.5 Å². The maximum Gasteiger partial charge on any atom is 0.260 e. The Morgan fingerprint density at radius 1 is 1.29 bits per heavy atom. The van der Waals surface area contributed by atoms with Crippen molar-refractivity contribution in [2.45, 2.75) is 19.9 Å². The molecule has 2 aromatic rings. The van der Waals surface area contributed by atoms with Gasteiger partial charge in [0.2, 0.25) is 0 Å². The van der Waals surface area contributed by atoms with Crippen LogP contribution in [0, 0.1) is 18.6 Å². The first-order valence-corrected chi connectivity index (χ1v) is 6.55. The molecule has 0 aliphatic carbocycles. The van der Waals surface area contributed by atoms with E-state index in [1.807, 2.05) is 6.07 Å². The van der Waals surface area contributed by atoms with E-state index < -0.39 is 23.1 Å². The average molecular weight is 290 g/mol. The largest absolute Gasteiger partial charge is 0.335 e. The first kappa shape index (κ1) is 15.1.